The van der Waals surface area contributed by atoms with E-state index in [0.717, 1.165) is 23.1 Å². The maximum absolute atomic E-state index is 12.1. The minimum absolute atomic E-state index is 0.00937. The monoisotopic (exact) mass is 232 g/mol. The van der Waals surface area contributed by atoms with Gasteiger partial charge in [-0.05, 0) is 30.9 Å². The molecule has 3 rings (SSSR count). The number of aromatic nitrogens is 2. The normalized spacial score (nSPS) is 15.6. The molecule has 2 aromatic heterocycles. The maximum atomic E-state index is 12.1. The SMILES string of the molecule is Cn1ccc2cc(CO)n(CC3CC3)c2c1=O. The Labute approximate surface area is 99.1 Å². The number of pyridine rings is 1. The van der Waals surface area contributed by atoms with Crippen LogP contribution in [0.25, 0.3) is 10.9 Å². The molecule has 0 amide bonds. The molecule has 17 heavy (non-hydrogen) atoms. The molecule has 0 bridgehead atoms. The third-order valence-electron chi connectivity index (χ3n) is 3.51. The molecule has 4 nitrogen and oxygen atoms in total. The lowest BCUT2D eigenvalue weighted by Gasteiger charge is -2.08. The topological polar surface area (TPSA) is 47.2 Å². The van der Waals surface area contributed by atoms with Gasteiger partial charge in [0.25, 0.3) is 5.56 Å². The van der Waals surface area contributed by atoms with Gasteiger partial charge in [-0.15, -0.1) is 0 Å². The lowest BCUT2D eigenvalue weighted by atomic mass is 10.3. The van der Waals surface area contributed by atoms with Crippen molar-refractivity contribution in [3.63, 3.8) is 0 Å². The minimum atomic E-state index is -0.00937. The average Bonchev–Trinajstić information content (AvgIpc) is 3.05. The van der Waals surface area contributed by atoms with E-state index >= 15 is 0 Å². The Hall–Kier alpha value is -1.55. The molecule has 4 heteroatoms. The average molecular weight is 232 g/mol. The highest BCUT2D eigenvalue weighted by atomic mass is 16.3. The molecule has 90 valence electrons. The van der Waals surface area contributed by atoms with Crippen molar-refractivity contribution in [1.29, 1.82) is 0 Å². The molecular formula is C13H16N2O2. The van der Waals surface area contributed by atoms with E-state index in [0.29, 0.717) is 5.92 Å². The Morgan fingerprint density at radius 3 is 2.88 bits per heavy atom. The Balaban J connectivity index is 2.26. The summed E-state index contributed by atoms with van der Waals surface area (Å²) < 4.78 is 3.59. The van der Waals surface area contributed by atoms with Crippen LogP contribution in [0.4, 0.5) is 0 Å². The van der Waals surface area contributed by atoms with Crippen LogP contribution in [0.1, 0.15) is 18.5 Å². The van der Waals surface area contributed by atoms with Crippen LogP contribution in [-0.2, 0) is 20.2 Å². The number of hydrogen-bond donors (Lipinski definition) is 1. The molecule has 0 spiro atoms. The van der Waals surface area contributed by atoms with Crippen molar-refractivity contribution in [2.45, 2.75) is 26.0 Å². The fraction of sp³-hybridized carbons (Fsp3) is 0.462. The first-order chi connectivity index (χ1) is 8.20. The van der Waals surface area contributed by atoms with Crippen LogP contribution in [0.5, 0.6) is 0 Å². The van der Waals surface area contributed by atoms with E-state index in [2.05, 4.69) is 0 Å². The van der Waals surface area contributed by atoms with E-state index in [-0.39, 0.29) is 12.2 Å². The zero-order valence-corrected chi connectivity index (χ0v) is 9.89. The van der Waals surface area contributed by atoms with Crippen molar-refractivity contribution in [3.05, 3.63) is 34.4 Å². The summed E-state index contributed by atoms with van der Waals surface area (Å²) in [5.74, 6) is 0.681. The first kappa shape index (κ1) is 10.6. The number of aliphatic hydroxyl groups is 1. The highest BCUT2D eigenvalue weighted by molar-refractivity contribution is 5.80. The summed E-state index contributed by atoms with van der Waals surface area (Å²) >= 11 is 0. The Kier molecular flexibility index (Phi) is 2.33. The fourth-order valence-corrected chi connectivity index (χ4v) is 2.32. The summed E-state index contributed by atoms with van der Waals surface area (Å²) in [6.45, 7) is 0.850. The summed E-state index contributed by atoms with van der Waals surface area (Å²) in [6.07, 6.45) is 4.24. The van der Waals surface area contributed by atoms with Crippen LogP contribution in [0.2, 0.25) is 0 Å². The maximum Gasteiger partial charge on any atom is 0.274 e. The smallest absolute Gasteiger partial charge is 0.274 e. The first-order valence-corrected chi connectivity index (χ1v) is 5.99. The van der Waals surface area contributed by atoms with E-state index in [9.17, 15) is 9.90 Å². The van der Waals surface area contributed by atoms with Gasteiger partial charge < -0.3 is 14.2 Å². The van der Waals surface area contributed by atoms with E-state index in [1.165, 1.54) is 12.8 Å². The van der Waals surface area contributed by atoms with Crippen LogP contribution in [0, 0.1) is 5.92 Å². The van der Waals surface area contributed by atoms with Crippen LogP contribution in [0.15, 0.2) is 23.1 Å². The summed E-state index contributed by atoms with van der Waals surface area (Å²) in [6, 6.07) is 3.85. The van der Waals surface area contributed by atoms with Crippen LogP contribution in [-0.4, -0.2) is 14.2 Å². The summed E-state index contributed by atoms with van der Waals surface area (Å²) in [5.41, 5.74) is 1.59. The number of fused-ring (bicyclic) bond motifs is 1. The van der Waals surface area contributed by atoms with E-state index in [1.54, 1.807) is 17.8 Å². The van der Waals surface area contributed by atoms with Gasteiger partial charge in [-0.3, -0.25) is 4.79 Å². The first-order valence-electron chi connectivity index (χ1n) is 5.99. The van der Waals surface area contributed by atoms with Crippen molar-refractivity contribution in [2.75, 3.05) is 0 Å². The van der Waals surface area contributed by atoms with Crippen molar-refractivity contribution in [1.82, 2.24) is 9.13 Å². The van der Waals surface area contributed by atoms with Crippen molar-refractivity contribution < 1.29 is 5.11 Å². The van der Waals surface area contributed by atoms with Gasteiger partial charge in [0.05, 0.1) is 6.61 Å². The second-order valence-corrected chi connectivity index (χ2v) is 4.88. The van der Waals surface area contributed by atoms with Gasteiger partial charge in [0.2, 0.25) is 0 Å². The predicted molar refractivity (Wildman–Crippen MR) is 65.8 cm³/mol. The number of hydrogen-bond acceptors (Lipinski definition) is 2. The number of aryl methyl sites for hydroxylation is 1. The molecule has 0 aromatic carbocycles. The molecule has 1 saturated carbocycles. The molecule has 1 fully saturated rings. The van der Waals surface area contributed by atoms with E-state index in [4.69, 9.17) is 0 Å². The molecule has 0 unspecified atom stereocenters. The highest BCUT2D eigenvalue weighted by Gasteiger charge is 2.24. The van der Waals surface area contributed by atoms with Gasteiger partial charge in [-0.25, -0.2) is 0 Å². The van der Waals surface area contributed by atoms with Gasteiger partial charge in [0, 0.05) is 30.9 Å². The van der Waals surface area contributed by atoms with E-state index < -0.39 is 0 Å². The number of nitrogens with zero attached hydrogens (tertiary/aromatic N) is 2. The minimum Gasteiger partial charge on any atom is -0.390 e. The summed E-state index contributed by atoms with van der Waals surface area (Å²) in [5, 5.41) is 10.3. The van der Waals surface area contributed by atoms with Gasteiger partial charge >= 0.3 is 0 Å². The van der Waals surface area contributed by atoms with Gasteiger partial charge in [-0.2, -0.15) is 0 Å². The van der Waals surface area contributed by atoms with Gasteiger partial charge in [-0.1, -0.05) is 0 Å². The molecule has 1 N–H and O–H groups in total. The molecule has 2 aromatic rings. The lowest BCUT2D eigenvalue weighted by Crippen LogP contribution is -2.19. The third kappa shape index (κ3) is 1.69. The Morgan fingerprint density at radius 2 is 2.24 bits per heavy atom. The second-order valence-electron chi connectivity index (χ2n) is 4.88. The molecule has 2 heterocycles. The molecule has 0 radical (unpaired) electrons. The van der Waals surface area contributed by atoms with Gasteiger partial charge in [0.15, 0.2) is 0 Å². The molecule has 0 aliphatic heterocycles. The number of rotatable bonds is 3. The zero-order valence-electron chi connectivity index (χ0n) is 9.89. The third-order valence-corrected chi connectivity index (χ3v) is 3.51. The second kappa shape index (κ2) is 3.74. The van der Waals surface area contributed by atoms with E-state index in [1.807, 2.05) is 16.7 Å². The highest BCUT2D eigenvalue weighted by Crippen LogP contribution is 2.32. The van der Waals surface area contributed by atoms with Crippen LogP contribution >= 0.6 is 0 Å². The zero-order chi connectivity index (χ0) is 12.0. The Morgan fingerprint density at radius 1 is 1.47 bits per heavy atom. The quantitative estimate of drug-likeness (QED) is 0.865. The summed E-state index contributed by atoms with van der Waals surface area (Å²) in [4.78, 5) is 12.1. The number of aliphatic hydroxyl groups excluding tert-OH is 1. The standard InChI is InChI=1S/C13H16N2O2/c1-14-5-4-10-6-11(8-16)15(7-9-2-3-9)12(10)13(14)17/h4-6,9,16H,2-3,7-8H2,1H3. The molecule has 1 aliphatic rings. The Bertz CT molecular complexity index is 620. The predicted octanol–water partition coefficient (Wildman–Crippen LogP) is 1.24. The molecular weight excluding hydrogens is 216 g/mol. The van der Waals surface area contributed by atoms with Crippen molar-refractivity contribution >= 4 is 10.9 Å². The van der Waals surface area contributed by atoms with Crippen molar-refractivity contribution in [2.24, 2.45) is 13.0 Å². The van der Waals surface area contributed by atoms with Crippen LogP contribution < -0.4 is 5.56 Å². The summed E-state index contributed by atoms with van der Waals surface area (Å²) in [7, 11) is 1.76. The van der Waals surface area contributed by atoms with Crippen LogP contribution in [0.3, 0.4) is 0 Å². The lowest BCUT2D eigenvalue weighted by molar-refractivity contribution is 0.270. The molecule has 0 saturated heterocycles. The van der Waals surface area contributed by atoms with Crippen molar-refractivity contribution in [3.8, 4) is 0 Å². The van der Waals surface area contributed by atoms with Gasteiger partial charge in [0.1, 0.15) is 5.52 Å². The molecule has 1 aliphatic carbocycles. The molecule has 0 atom stereocenters. The fourth-order valence-electron chi connectivity index (χ4n) is 2.32. The largest absolute Gasteiger partial charge is 0.390 e.